The van der Waals surface area contributed by atoms with Crippen LogP contribution in [0.3, 0.4) is 0 Å². The molecule has 0 spiro atoms. The number of hydrogen-bond donors (Lipinski definition) is 1. The van der Waals surface area contributed by atoms with Gasteiger partial charge in [0.2, 0.25) is 0 Å². The number of nitrogens with one attached hydrogen (secondary N) is 1. The molecule has 2 aliphatic heterocycles. The maximum Gasteiger partial charge on any atom is 0.282 e. The molecule has 0 fully saturated rings. The van der Waals surface area contributed by atoms with Crippen LogP contribution in [0.15, 0.2) is 52.7 Å². The van der Waals surface area contributed by atoms with Crippen molar-refractivity contribution in [1.29, 1.82) is 5.41 Å². The Balaban J connectivity index is 1.75. The maximum absolute atomic E-state index is 13.2. The Bertz CT molecular complexity index is 1070. The highest BCUT2D eigenvalue weighted by Crippen LogP contribution is 2.27. The first-order chi connectivity index (χ1) is 12.8. The summed E-state index contributed by atoms with van der Waals surface area (Å²) >= 11 is 0. The first-order valence-corrected chi connectivity index (χ1v) is 8.40. The second-order valence-electron chi connectivity index (χ2n) is 6.46. The molecular weight excluding hydrogens is 347 g/mol. The van der Waals surface area contributed by atoms with Crippen LogP contribution in [0.5, 0.6) is 0 Å². The summed E-state index contributed by atoms with van der Waals surface area (Å²) in [5, 5.41) is 9.55. The van der Waals surface area contributed by atoms with E-state index in [0.29, 0.717) is 11.6 Å². The largest absolute Gasteiger partial charge is 0.376 e. The molecule has 0 bridgehead atoms. The zero-order valence-electron chi connectivity index (χ0n) is 15.1. The summed E-state index contributed by atoms with van der Waals surface area (Å²) in [6.07, 6.45) is 3.26. The molecule has 4 rings (SSSR count). The van der Waals surface area contributed by atoms with E-state index in [1.165, 1.54) is 17.2 Å². The molecule has 3 heterocycles. The van der Waals surface area contributed by atoms with E-state index in [1.807, 2.05) is 24.5 Å². The highest BCUT2D eigenvalue weighted by atomic mass is 19.1. The van der Waals surface area contributed by atoms with Gasteiger partial charge in [-0.05, 0) is 62.7 Å². The van der Waals surface area contributed by atoms with Gasteiger partial charge in [-0.3, -0.25) is 10.2 Å². The Morgan fingerprint density at radius 2 is 1.89 bits per heavy atom. The van der Waals surface area contributed by atoms with Crippen LogP contribution in [0, 0.1) is 25.1 Å². The lowest BCUT2D eigenvalue weighted by atomic mass is 10.1. The number of aliphatic imine (C=N–C) groups is 1. The number of amides is 1. The molecule has 1 N–H and O–H groups in total. The van der Waals surface area contributed by atoms with E-state index in [9.17, 15) is 9.18 Å². The summed E-state index contributed by atoms with van der Waals surface area (Å²) in [4.78, 5) is 21.8. The second kappa shape index (κ2) is 6.05. The lowest BCUT2D eigenvalue weighted by Crippen LogP contribution is -2.38. The number of fused-ring (bicyclic) bond motifs is 1. The molecule has 6 nitrogen and oxygen atoms in total. The first-order valence-electron chi connectivity index (χ1n) is 8.40. The van der Waals surface area contributed by atoms with Crippen LogP contribution in [0.4, 0.5) is 4.39 Å². The van der Waals surface area contributed by atoms with Gasteiger partial charge in [0.05, 0.1) is 5.57 Å². The molecule has 0 saturated heterocycles. The molecule has 2 aromatic rings. The van der Waals surface area contributed by atoms with Crippen molar-refractivity contribution < 1.29 is 14.0 Å². The van der Waals surface area contributed by atoms with Gasteiger partial charge in [0.25, 0.3) is 5.91 Å². The molecule has 1 aromatic heterocycles. The number of hydrogen-bond acceptors (Lipinski definition) is 3. The van der Waals surface area contributed by atoms with Crippen LogP contribution in [0.1, 0.15) is 23.9 Å². The van der Waals surface area contributed by atoms with Gasteiger partial charge in [-0.15, -0.1) is 5.06 Å². The number of aromatic nitrogens is 1. The number of carbonyl (C=O) groups is 1. The monoisotopic (exact) mass is 364 g/mol. The standard InChI is InChI=1S/C20H17FN4O2/c1-11-8-14(13(3)24(11)16-6-4-15(21)5-7-16)10-17-19(22)25-18(23-20(17)26)9-12(2)27-25/h4-10,22H,1-3H3/b17-10-,22-19?. The fourth-order valence-corrected chi connectivity index (χ4v) is 3.28. The van der Waals surface area contributed by atoms with Gasteiger partial charge in [0.1, 0.15) is 11.6 Å². The lowest BCUT2D eigenvalue weighted by molar-refractivity contribution is -0.114. The molecule has 0 radical (unpaired) electrons. The van der Waals surface area contributed by atoms with Crippen LogP contribution < -0.4 is 0 Å². The quantitative estimate of drug-likeness (QED) is 0.827. The molecule has 0 atom stereocenters. The second-order valence-corrected chi connectivity index (χ2v) is 6.46. The van der Waals surface area contributed by atoms with E-state index in [2.05, 4.69) is 4.99 Å². The van der Waals surface area contributed by atoms with E-state index >= 15 is 0 Å². The summed E-state index contributed by atoms with van der Waals surface area (Å²) in [6.45, 7) is 5.57. The minimum absolute atomic E-state index is 0.0512. The molecule has 27 heavy (non-hydrogen) atoms. The van der Waals surface area contributed by atoms with Crippen molar-refractivity contribution in [2.45, 2.75) is 20.8 Å². The van der Waals surface area contributed by atoms with Crippen LogP contribution in [0.25, 0.3) is 11.8 Å². The van der Waals surface area contributed by atoms with E-state index in [0.717, 1.165) is 22.6 Å². The van der Waals surface area contributed by atoms with Crippen molar-refractivity contribution in [3.8, 4) is 5.69 Å². The predicted molar refractivity (Wildman–Crippen MR) is 100 cm³/mol. The number of amidine groups is 2. The number of carbonyl (C=O) groups excluding carboxylic acids is 1. The third-order valence-electron chi connectivity index (χ3n) is 4.54. The zero-order chi connectivity index (χ0) is 19.3. The molecule has 2 aliphatic rings. The number of halogens is 1. The minimum Gasteiger partial charge on any atom is -0.376 e. The molecule has 0 aliphatic carbocycles. The van der Waals surface area contributed by atoms with Gasteiger partial charge in [-0.2, -0.15) is 4.99 Å². The van der Waals surface area contributed by atoms with Crippen molar-refractivity contribution in [3.05, 3.63) is 70.5 Å². The number of rotatable bonds is 2. The first kappa shape index (κ1) is 17.0. The number of nitrogens with zero attached hydrogens (tertiary/aromatic N) is 3. The topological polar surface area (TPSA) is 70.7 Å². The van der Waals surface area contributed by atoms with Gasteiger partial charge in [0, 0.05) is 23.2 Å². The average Bonchev–Trinajstić information content (AvgIpc) is 3.12. The van der Waals surface area contributed by atoms with Gasteiger partial charge < -0.3 is 9.40 Å². The maximum atomic E-state index is 13.2. The summed E-state index contributed by atoms with van der Waals surface area (Å²) in [7, 11) is 0. The SMILES string of the molecule is CC1=CC2=NC(=O)/C(=C\c3cc(C)n(-c4ccc(F)cc4)c3C)C(=N)N2O1. The molecule has 0 saturated carbocycles. The number of benzene rings is 1. The highest BCUT2D eigenvalue weighted by molar-refractivity contribution is 6.32. The Morgan fingerprint density at radius 3 is 2.59 bits per heavy atom. The van der Waals surface area contributed by atoms with E-state index < -0.39 is 5.91 Å². The highest BCUT2D eigenvalue weighted by Gasteiger charge is 2.34. The zero-order valence-corrected chi connectivity index (χ0v) is 15.1. The molecular formula is C20H17FN4O2. The van der Waals surface area contributed by atoms with Gasteiger partial charge in [-0.25, -0.2) is 4.39 Å². The normalized spacial score (nSPS) is 17.8. The van der Waals surface area contributed by atoms with Crippen molar-refractivity contribution in [2.24, 2.45) is 4.99 Å². The number of hydroxylamine groups is 2. The Kier molecular flexibility index (Phi) is 3.80. The van der Waals surface area contributed by atoms with E-state index in [4.69, 9.17) is 10.2 Å². The molecule has 1 amide bonds. The molecule has 0 unspecified atom stereocenters. The van der Waals surface area contributed by atoms with Crippen molar-refractivity contribution in [1.82, 2.24) is 9.63 Å². The Labute approximate surface area is 155 Å². The Hall–Kier alpha value is -3.48. The lowest BCUT2D eigenvalue weighted by Gasteiger charge is -2.22. The molecule has 136 valence electrons. The molecule has 1 aromatic carbocycles. The fourth-order valence-electron chi connectivity index (χ4n) is 3.28. The summed E-state index contributed by atoms with van der Waals surface area (Å²) in [5.74, 6) is 0.0588. The smallest absolute Gasteiger partial charge is 0.282 e. The van der Waals surface area contributed by atoms with Crippen LogP contribution in [0.2, 0.25) is 0 Å². The predicted octanol–water partition coefficient (Wildman–Crippen LogP) is 3.68. The van der Waals surface area contributed by atoms with E-state index in [-0.39, 0.29) is 17.2 Å². The average molecular weight is 364 g/mol. The van der Waals surface area contributed by atoms with Gasteiger partial charge in [-0.1, -0.05) is 0 Å². The van der Waals surface area contributed by atoms with Crippen molar-refractivity contribution in [2.75, 3.05) is 0 Å². The van der Waals surface area contributed by atoms with Crippen molar-refractivity contribution in [3.63, 3.8) is 0 Å². The van der Waals surface area contributed by atoms with Crippen LogP contribution in [-0.4, -0.2) is 27.2 Å². The number of allylic oxidation sites excluding steroid dienone is 1. The van der Waals surface area contributed by atoms with Gasteiger partial charge in [0.15, 0.2) is 11.7 Å². The summed E-state index contributed by atoms with van der Waals surface area (Å²) in [5.41, 5.74) is 3.57. The summed E-state index contributed by atoms with van der Waals surface area (Å²) in [6, 6.07) is 8.12. The van der Waals surface area contributed by atoms with Crippen molar-refractivity contribution >= 4 is 23.7 Å². The minimum atomic E-state index is -0.479. The third-order valence-corrected chi connectivity index (χ3v) is 4.54. The van der Waals surface area contributed by atoms with Gasteiger partial charge >= 0.3 is 0 Å². The van der Waals surface area contributed by atoms with Crippen LogP contribution >= 0.6 is 0 Å². The Morgan fingerprint density at radius 1 is 1.19 bits per heavy atom. The summed E-state index contributed by atoms with van der Waals surface area (Å²) < 4.78 is 15.2. The fraction of sp³-hybridized carbons (Fsp3) is 0.150. The van der Waals surface area contributed by atoms with Crippen LogP contribution in [-0.2, 0) is 9.63 Å². The molecule has 7 heteroatoms. The van der Waals surface area contributed by atoms with E-state index in [1.54, 1.807) is 31.2 Å². The third kappa shape index (κ3) is 2.77. The number of aryl methyl sites for hydroxylation is 1.